The number of terminal acetylenes is 1. The zero-order chi connectivity index (χ0) is 12.0. The van der Waals surface area contributed by atoms with E-state index in [9.17, 15) is 0 Å². The molecule has 1 aromatic carbocycles. The van der Waals surface area contributed by atoms with Crippen LogP contribution in [-0.2, 0) is 0 Å². The molecule has 1 atom stereocenters. The van der Waals surface area contributed by atoms with Crippen LogP contribution in [0.5, 0.6) is 0 Å². The molecule has 86 valence electrons. The van der Waals surface area contributed by atoms with Crippen molar-refractivity contribution in [2.75, 3.05) is 13.1 Å². The van der Waals surface area contributed by atoms with Crippen LogP contribution in [0.25, 0.3) is 0 Å². The highest BCUT2D eigenvalue weighted by Crippen LogP contribution is 2.26. The minimum Gasteiger partial charge on any atom is -0.329 e. The first-order chi connectivity index (χ1) is 7.69. The van der Waals surface area contributed by atoms with E-state index in [2.05, 4.69) is 55.2 Å². The Morgan fingerprint density at radius 3 is 2.69 bits per heavy atom. The largest absolute Gasteiger partial charge is 0.329 e. The van der Waals surface area contributed by atoms with Gasteiger partial charge in [0.05, 0.1) is 0 Å². The second-order valence-electron chi connectivity index (χ2n) is 3.37. The Morgan fingerprint density at radius 2 is 2.12 bits per heavy atom. The second kappa shape index (κ2) is 7.08. The molecule has 0 amide bonds. The van der Waals surface area contributed by atoms with Gasteiger partial charge in [-0.15, -0.1) is 12.3 Å². The minimum absolute atomic E-state index is 0.151. The third-order valence-corrected chi connectivity index (χ3v) is 4.12. The van der Waals surface area contributed by atoms with Crippen LogP contribution in [0, 0.1) is 12.3 Å². The molecule has 0 fully saturated rings. The quantitative estimate of drug-likeness (QED) is 0.636. The SMILES string of the molecule is C#CCCNC(CN)c1ccc(Br)c(Br)c1. The molecule has 0 spiro atoms. The maximum absolute atomic E-state index is 5.73. The smallest absolute Gasteiger partial charge is 0.0445 e. The third kappa shape index (κ3) is 3.91. The zero-order valence-corrected chi connectivity index (χ0v) is 12.0. The molecule has 0 aliphatic rings. The van der Waals surface area contributed by atoms with Crippen molar-refractivity contribution in [3.05, 3.63) is 32.7 Å². The highest BCUT2D eigenvalue weighted by Gasteiger charge is 2.09. The van der Waals surface area contributed by atoms with E-state index in [1.807, 2.05) is 6.07 Å². The van der Waals surface area contributed by atoms with Crippen molar-refractivity contribution < 1.29 is 0 Å². The fraction of sp³-hybridized carbons (Fsp3) is 0.333. The van der Waals surface area contributed by atoms with Gasteiger partial charge >= 0.3 is 0 Å². The van der Waals surface area contributed by atoms with Gasteiger partial charge in [-0.2, -0.15) is 0 Å². The van der Waals surface area contributed by atoms with Crippen LogP contribution >= 0.6 is 31.9 Å². The molecular formula is C12H14Br2N2. The van der Waals surface area contributed by atoms with E-state index in [1.54, 1.807) is 0 Å². The Kier molecular flexibility index (Phi) is 6.07. The number of hydrogen-bond donors (Lipinski definition) is 2. The molecule has 0 aliphatic heterocycles. The molecule has 1 unspecified atom stereocenters. The van der Waals surface area contributed by atoms with Gasteiger partial charge in [0.25, 0.3) is 0 Å². The predicted molar refractivity (Wildman–Crippen MR) is 75.1 cm³/mol. The molecule has 0 aliphatic carbocycles. The monoisotopic (exact) mass is 344 g/mol. The van der Waals surface area contributed by atoms with E-state index in [0.29, 0.717) is 13.0 Å². The van der Waals surface area contributed by atoms with Crippen LogP contribution in [0.2, 0.25) is 0 Å². The number of halogens is 2. The Labute approximate surface area is 113 Å². The summed E-state index contributed by atoms with van der Waals surface area (Å²) < 4.78 is 2.07. The average Bonchev–Trinajstić information content (AvgIpc) is 2.29. The Morgan fingerprint density at radius 1 is 1.38 bits per heavy atom. The van der Waals surface area contributed by atoms with Crippen molar-refractivity contribution in [1.82, 2.24) is 5.32 Å². The summed E-state index contributed by atoms with van der Waals surface area (Å²) in [6.45, 7) is 1.34. The lowest BCUT2D eigenvalue weighted by Gasteiger charge is -2.17. The van der Waals surface area contributed by atoms with Crippen molar-refractivity contribution in [2.24, 2.45) is 5.73 Å². The zero-order valence-electron chi connectivity index (χ0n) is 8.84. The number of nitrogens with two attached hydrogens (primary N) is 1. The fourth-order valence-corrected chi connectivity index (χ4v) is 2.03. The van der Waals surface area contributed by atoms with Crippen molar-refractivity contribution in [3.8, 4) is 12.3 Å². The van der Waals surface area contributed by atoms with Gasteiger partial charge in [0.2, 0.25) is 0 Å². The van der Waals surface area contributed by atoms with Gasteiger partial charge < -0.3 is 11.1 Å². The Balaban J connectivity index is 2.71. The van der Waals surface area contributed by atoms with Gasteiger partial charge in [-0.3, -0.25) is 0 Å². The molecule has 0 saturated heterocycles. The molecule has 1 rings (SSSR count). The summed E-state index contributed by atoms with van der Waals surface area (Å²) >= 11 is 6.92. The van der Waals surface area contributed by atoms with Crippen LogP contribution in [-0.4, -0.2) is 13.1 Å². The molecule has 0 saturated carbocycles. The predicted octanol–water partition coefficient (Wildman–Crippen LogP) is 2.82. The fourth-order valence-electron chi connectivity index (χ4n) is 1.38. The summed E-state index contributed by atoms with van der Waals surface area (Å²) in [5.74, 6) is 2.60. The summed E-state index contributed by atoms with van der Waals surface area (Å²) in [6.07, 6.45) is 5.92. The lowest BCUT2D eigenvalue weighted by atomic mass is 10.1. The molecular weight excluding hydrogens is 332 g/mol. The van der Waals surface area contributed by atoms with Crippen LogP contribution in [0.1, 0.15) is 18.0 Å². The van der Waals surface area contributed by atoms with Gasteiger partial charge in [-0.1, -0.05) is 6.07 Å². The van der Waals surface area contributed by atoms with E-state index in [-0.39, 0.29) is 6.04 Å². The van der Waals surface area contributed by atoms with Gasteiger partial charge in [-0.05, 0) is 49.6 Å². The number of hydrogen-bond acceptors (Lipinski definition) is 2. The summed E-state index contributed by atoms with van der Waals surface area (Å²) in [5, 5.41) is 3.33. The topological polar surface area (TPSA) is 38.0 Å². The third-order valence-electron chi connectivity index (χ3n) is 2.24. The highest BCUT2D eigenvalue weighted by molar-refractivity contribution is 9.13. The lowest BCUT2D eigenvalue weighted by Crippen LogP contribution is -2.28. The van der Waals surface area contributed by atoms with Crippen LogP contribution in [0.3, 0.4) is 0 Å². The van der Waals surface area contributed by atoms with Crippen LogP contribution in [0.4, 0.5) is 0 Å². The maximum atomic E-state index is 5.73. The molecule has 0 bridgehead atoms. The average molecular weight is 346 g/mol. The first-order valence-electron chi connectivity index (χ1n) is 5.01. The summed E-state index contributed by atoms with van der Waals surface area (Å²) in [4.78, 5) is 0. The number of rotatable bonds is 5. The minimum atomic E-state index is 0.151. The van der Waals surface area contributed by atoms with E-state index in [0.717, 1.165) is 21.1 Å². The second-order valence-corrected chi connectivity index (χ2v) is 5.08. The molecule has 0 heterocycles. The lowest BCUT2D eigenvalue weighted by molar-refractivity contribution is 0.550. The first kappa shape index (κ1) is 13.7. The van der Waals surface area contributed by atoms with Crippen LogP contribution < -0.4 is 11.1 Å². The van der Waals surface area contributed by atoms with E-state index in [4.69, 9.17) is 12.2 Å². The van der Waals surface area contributed by atoms with Gasteiger partial charge in [0, 0.05) is 34.5 Å². The van der Waals surface area contributed by atoms with E-state index >= 15 is 0 Å². The Bertz CT molecular complexity index is 385. The first-order valence-corrected chi connectivity index (χ1v) is 6.59. The molecule has 0 radical (unpaired) electrons. The standard InChI is InChI=1S/C12H14Br2N2/c1-2-3-6-16-12(8-15)9-4-5-10(13)11(14)7-9/h1,4-5,7,12,16H,3,6,8,15H2. The van der Waals surface area contributed by atoms with Gasteiger partial charge in [0.15, 0.2) is 0 Å². The number of nitrogens with one attached hydrogen (secondary N) is 1. The molecule has 3 N–H and O–H groups in total. The van der Waals surface area contributed by atoms with Crippen molar-refractivity contribution in [1.29, 1.82) is 0 Å². The van der Waals surface area contributed by atoms with Gasteiger partial charge in [-0.25, -0.2) is 0 Å². The van der Waals surface area contributed by atoms with E-state index < -0.39 is 0 Å². The van der Waals surface area contributed by atoms with Crippen molar-refractivity contribution in [2.45, 2.75) is 12.5 Å². The maximum Gasteiger partial charge on any atom is 0.0445 e. The van der Waals surface area contributed by atoms with Gasteiger partial charge in [0.1, 0.15) is 0 Å². The normalized spacial score (nSPS) is 12.1. The molecule has 2 nitrogen and oxygen atoms in total. The molecule has 0 aromatic heterocycles. The Hall–Kier alpha value is -0.340. The number of benzene rings is 1. The van der Waals surface area contributed by atoms with Crippen molar-refractivity contribution >= 4 is 31.9 Å². The molecule has 1 aromatic rings. The van der Waals surface area contributed by atoms with Crippen LogP contribution in [0.15, 0.2) is 27.1 Å². The summed E-state index contributed by atoms with van der Waals surface area (Å²) in [5.41, 5.74) is 6.90. The summed E-state index contributed by atoms with van der Waals surface area (Å²) in [7, 11) is 0. The van der Waals surface area contributed by atoms with E-state index in [1.165, 1.54) is 0 Å². The molecule has 4 heteroatoms. The highest BCUT2D eigenvalue weighted by atomic mass is 79.9. The molecule has 16 heavy (non-hydrogen) atoms. The van der Waals surface area contributed by atoms with Crippen molar-refractivity contribution in [3.63, 3.8) is 0 Å². The summed E-state index contributed by atoms with van der Waals surface area (Å²) in [6, 6.07) is 6.27.